The quantitative estimate of drug-likeness (QED) is 0.629. The molecular weight excluding hydrogens is 302 g/mol. The average molecular weight is 321 g/mol. The third kappa shape index (κ3) is 3.65. The van der Waals surface area contributed by atoms with E-state index in [4.69, 9.17) is 5.11 Å². The van der Waals surface area contributed by atoms with Gasteiger partial charge in [0.05, 0.1) is 28.1 Å². The van der Waals surface area contributed by atoms with Crippen molar-refractivity contribution in [1.29, 1.82) is 0 Å². The van der Waals surface area contributed by atoms with E-state index in [-0.39, 0.29) is 11.6 Å². The van der Waals surface area contributed by atoms with Crippen molar-refractivity contribution in [2.24, 2.45) is 5.92 Å². The van der Waals surface area contributed by atoms with Crippen LogP contribution in [0.15, 0.2) is 18.2 Å². The first kappa shape index (κ1) is 16.9. The van der Waals surface area contributed by atoms with E-state index in [0.29, 0.717) is 30.8 Å². The molecule has 2 unspecified atom stereocenters. The molecule has 23 heavy (non-hydrogen) atoms. The third-order valence-electron chi connectivity index (χ3n) is 4.26. The van der Waals surface area contributed by atoms with Crippen molar-refractivity contribution >= 4 is 23.3 Å². The highest BCUT2D eigenvalue weighted by atomic mass is 16.6. The standard InChI is InChI=1S/C15H19N3O5/c1-9-12(4-3-5-13(9)18(22)23)16-14(19)10(2)17-7-6-11(8-17)15(20)21/h3-5,10-11H,6-8H2,1-2H3,(H,16,19)(H,20,21). The number of nitrogens with zero attached hydrogens (tertiary/aromatic N) is 2. The first-order chi connectivity index (χ1) is 10.8. The number of carboxylic acids is 1. The Morgan fingerprint density at radius 1 is 1.48 bits per heavy atom. The Labute approximate surface area is 133 Å². The Kier molecular flexibility index (Phi) is 4.95. The maximum Gasteiger partial charge on any atom is 0.307 e. The van der Waals surface area contributed by atoms with Crippen molar-refractivity contribution in [2.45, 2.75) is 26.3 Å². The Balaban J connectivity index is 2.06. The van der Waals surface area contributed by atoms with Crippen LogP contribution in [0.3, 0.4) is 0 Å². The molecule has 2 rings (SSSR count). The molecule has 1 aliphatic rings. The van der Waals surface area contributed by atoms with E-state index >= 15 is 0 Å². The van der Waals surface area contributed by atoms with Gasteiger partial charge in [0.15, 0.2) is 0 Å². The van der Waals surface area contributed by atoms with E-state index < -0.39 is 22.9 Å². The molecule has 124 valence electrons. The zero-order chi connectivity index (χ0) is 17.1. The van der Waals surface area contributed by atoms with Crippen LogP contribution in [0.2, 0.25) is 0 Å². The minimum atomic E-state index is -0.852. The Morgan fingerprint density at radius 2 is 2.17 bits per heavy atom. The molecular formula is C15H19N3O5. The molecule has 2 atom stereocenters. The van der Waals surface area contributed by atoms with Crippen LogP contribution in [0.4, 0.5) is 11.4 Å². The summed E-state index contributed by atoms with van der Waals surface area (Å²) in [5.41, 5.74) is 0.732. The molecule has 0 spiro atoms. The van der Waals surface area contributed by atoms with E-state index in [1.54, 1.807) is 24.8 Å². The highest BCUT2D eigenvalue weighted by Crippen LogP contribution is 2.26. The molecule has 1 aromatic rings. The summed E-state index contributed by atoms with van der Waals surface area (Å²) in [6.07, 6.45) is 0.517. The highest BCUT2D eigenvalue weighted by Gasteiger charge is 2.33. The van der Waals surface area contributed by atoms with Gasteiger partial charge in [-0.15, -0.1) is 0 Å². The number of aliphatic carboxylic acids is 1. The predicted molar refractivity (Wildman–Crippen MR) is 83.2 cm³/mol. The smallest absolute Gasteiger partial charge is 0.307 e. The third-order valence-corrected chi connectivity index (χ3v) is 4.26. The molecule has 1 amide bonds. The number of nitro benzene ring substituents is 1. The molecule has 1 heterocycles. The van der Waals surface area contributed by atoms with E-state index in [2.05, 4.69) is 5.32 Å². The van der Waals surface area contributed by atoms with Gasteiger partial charge < -0.3 is 10.4 Å². The monoisotopic (exact) mass is 321 g/mol. The van der Waals surface area contributed by atoms with Gasteiger partial charge in [0.25, 0.3) is 5.69 Å². The lowest BCUT2D eigenvalue weighted by Crippen LogP contribution is -2.41. The molecule has 2 N–H and O–H groups in total. The Morgan fingerprint density at radius 3 is 2.74 bits per heavy atom. The average Bonchev–Trinajstić information content (AvgIpc) is 2.98. The molecule has 0 saturated carbocycles. The topological polar surface area (TPSA) is 113 Å². The number of benzene rings is 1. The fourth-order valence-electron chi connectivity index (χ4n) is 2.70. The lowest BCUT2D eigenvalue weighted by atomic mass is 10.1. The van der Waals surface area contributed by atoms with E-state index in [9.17, 15) is 19.7 Å². The summed E-state index contributed by atoms with van der Waals surface area (Å²) < 4.78 is 0. The number of hydrogen-bond donors (Lipinski definition) is 2. The van der Waals surface area contributed by atoms with Crippen molar-refractivity contribution < 1.29 is 19.6 Å². The predicted octanol–water partition coefficient (Wildman–Crippen LogP) is 1.64. The zero-order valence-corrected chi connectivity index (χ0v) is 13.0. The van der Waals surface area contributed by atoms with Gasteiger partial charge in [-0.25, -0.2) is 0 Å². The molecule has 0 aromatic heterocycles. The van der Waals surface area contributed by atoms with Gasteiger partial charge in [-0.05, 0) is 32.9 Å². The molecule has 0 bridgehead atoms. The van der Waals surface area contributed by atoms with Crippen LogP contribution in [0.5, 0.6) is 0 Å². The van der Waals surface area contributed by atoms with Crippen LogP contribution in [0, 0.1) is 23.0 Å². The lowest BCUT2D eigenvalue weighted by molar-refractivity contribution is -0.385. The number of carboxylic acid groups (broad SMARTS) is 1. The van der Waals surface area contributed by atoms with Gasteiger partial charge in [0, 0.05) is 12.6 Å². The second-order valence-corrected chi connectivity index (χ2v) is 5.69. The summed E-state index contributed by atoms with van der Waals surface area (Å²) in [4.78, 5) is 35.6. The summed E-state index contributed by atoms with van der Waals surface area (Å²) in [7, 11) is 0. The minimum absolute atomic E-state index is 0.0532. The molecule has 1 fully saturated rings. The highest BCUT2D eigenvalue weighted by molar-refractivity contribution is 5.95. The number of hydrogen-bond acceptors (Lipinski definition) is 5. The van der Waals surface area contributed by atoms with Gasteiger partial charge >= 0.3 is 5.97 Å². The number of anilines is 1. The van der Waals surface area contributed by atoms with E-state index in [1.807, 2.05) is 0 Å². The van der Waals surface area contributed by atoms with Crippen LogP contribution in [0.1, 0.15) is 18.9 Å². The molecule has 8 nitrogen and oxygen atoms in total. The number of carbonyl (C=O) groups excluding carboxylic acids is 1. The molecule has 1 aliphatic heterocycles. The van der Waals surface area contributed by atoms with Crippen molar-refractivity contribution in [3.05, 3.63) is 33.9 Å². The van der Waals surface area contributed by atoms with Gasteiger partial charge in [0.2, 0.25) is 5.91 Å². The van der Waals surface area contributed by atoms with Gasteiger partial charge in [0.1, 0.15) is 0 Å². The summed E-state index contributed by atoms with van der Waals surface area (Å²) in [6, 6.07) is 4.00. The van der Waals surface area contributed by atoms with Gasteiger partial charge in [-0.1, -0.05) is 6.07 Å². The van der Waals surface area contributed by atoms with Crippen LogP contribution in [-0.4, -0.2) is 45.9 Å². The summed E-state index contributed by atoms with van der Waals surface area (Å²) in [5, 5.41) is 22.6. The van der Waals surface area contributed by atoms with E-state index in [1.165, 1.54) is 12.1 Å². The molecule has 1 aromatic carbocycles. The first-order valence-electron chi connectivity index (χ1n) is 7.33. The molecule has 8 heteroatoms. The lowest BCUT2D eigenvalue weighted by Gasteiger charge is -2.23. The van der Waals surface area contributed by atoms with Gasteiger partial charge in [-0.3, -0.25) is 24.6 Å². The maximum absolute atomic E-state index is 12.3. The number of carbonyl (C=O) groups is 2. The van der Waals surface area contributed by atoms with Crippen molar-refractivity contribution in [1.82, 2.24) is 4.90 Å². The Bertz CT molecular complexity index is 646. The molecule has 0 aliphatic carbocycles. The normalized spacial score (nSPS) is 19.3. The number of amides is 1. The van der Waals surface area contributed by atoms with Crippen molar-refractivity contribution in [2.75, 3.05) is 18.4 Å². The summed E-state index contributed by atoms with van der Waals surface area (Å²) in [6.45, 7) is 4.15. The van der Waals surface area contributed by atoms with Crippen LogP contribution >= 0.6 is 0 Å². The van der Waals surface area contributed by atoms with E-state index in [0.717, 1.165) is 0 Å². The summed E-state index contributed by atoms with van der Waals surface area (Å²) >= 11 is 0. The second kappa shape index (κ2) is 6.74. The summed E-state index contributed by atoms with van der Waals surface area (Å²) in [5.74, 6) is -1.61. The number of nitrogens with one attached hydrogen (secondary N) is 1. The van der Waals surface area contributed by atoms with Crippen molar-refractivity contribution in [3.8, 4) is 0 Å². The van der Waals surface area contributed by atoms with Gasteiger partial charge in [-0.2, -0.15) is 0 Å². The number of rotatable bonds is 5. The fraction of sp³-hybridized carbons (Fsp3) is 0.467. The Hall–Kier alpha value is -2.48. The minimum Gasteiger partial charge on any atom is -0.481 e. The fourth-order valence-corrected chi connectivity index (χ4v) is 2.70. The van der Waals surface area contributed by atoms with Crippen molar-refractivity contribution in [3.63, 3.8) is 0 Å². The molecule has 0 radical (unpaired) electrons. The van der Waals surface area contributed by atoms with Crippen LogP contribution < -0.4 is 5.32 Å². The maximum atomic E-state index is 12.3. The number of nitro groups is 1. The SMILES string of the molecule is Cc1c(NC(=O)C(C)N2CCC(C(=O)O)C2)cccc1[N+](=O)[O-]. The van der Waals surface area contributed by atoms with Crippen LogP contribution in [0.25, 0.3) is 0 Å². The second-order valence-electron chi connectivity index (χ2n) is 5.69. The molecule has 1 saturated heterocycles. The van der Waals surface area contributed by atoms with Crippen LogP contribution in [-0.2, 0) is 9.59 Å². The first-order valence-corrected chi connectivity index (χ1v) is 7.33. The number of likely N-dealkylation sites (tertiary alicyclic amines) is 1. The zero-order valence-electron chi connectivity index (χ0n) is 13.0. The largest absolute Gasteiger partial charge is 0.481 e.